The molecule has 0 saturated carbocycles. The first kappa shape index (κ1) is 20.0. The zero-order valence-corrected chi connectivity index (χ0v) is 15.1. The summed E-state index contributed by atoms with van der Waals surface area (Å²) in [7, 11) is 5.60. The van der Waals surface area contributed by atoms with Crippen molar-refractivity contribution < 1.29 is 29.3 Å². The van der Waals surface area contributed by atoms with Gasteiger partial charge in [0.05, 0.1) is 17.7 Å². The molecular weight excluding hydrogens is 349 g/mol. The maximum Gasteiger partial charge on any atom is 0.261 e. The van der Waals surface area contributed by atoms with Crippen molar-refractivity contribution >= 4 is 19.7 Å². The number of hydrogen-bond donors (Lipinski definition) is 2. The Balaban J connectivity index is 1.33. The Morgan fingerprint density at radius 3 is 2.33 bits per heavy atom. The van der Waals surface area contributed by atoms with Crippen LogP contribution in [0.2, 0.25) is 0 Å². The standard InChI is InChI=1S/C19H24BNO6/c20-17-15(23)16(14(11-22)27-17)26-10-6-2-1-5-9-21-18(24)12-7-3-4-8-13(12)19(21)25/h3-4,7-8,14-17,22-23H,1-2,5-6,9-11H2/t14-,15+,16?,17-/m1/s1. The number of nitrogens with zero attached hydrogens (tertiary/aromatic N) is 1. The number of fused-ring (bicyclic) bond motifs is 1. The Bertz CT molecular complexity index is 649. The number of carbonyl (C=O) groups is 2. The summed E-state index contributed by atoms with van der Waals surface area (Å²) in [6.45, 7) is 0.570. The molecular formula is C19H24BNO6. The van der Waals surface area contributed by atoms with E-state index in [0.29, 0.717) is 24.3 Å². The van der Waals surface area contributed by atoms with Crippen LogP contribution < -0.4 is 0 Å². The highest BCUT2D eigenvalue weighted by atomic mass is 16.6. The lowest BCUT2D eigenvalue weighted by atomic mass is 9.93. The van der Waals surface area contributed by atoms with Gasteiger partial charge in [0.15, 0.2) is 0 Å². The predicted octanol–water partition coefficient (Wildman–Crippen LogP) is 0.475. The second kappa shape index (κ2) is 8.97. The summed E-state index contributed by atoms with van der Waals surface area (Å²) < 4.78 is 10.8. The molecule has 0 aromatic heterocycles. The summed E-state index contributed by atoms with van der Waals surface area (Å²) >= 11 is 0. The van der Waals surface area contributed by atoms with Gasteiger partial charge in [-0.2, -0.15) is 0 Å². The first-order chi connectivity index (χ1) is 13.0. The minimum Gasteiger partial charge on any atom is -0.394 e. The first-order valence-electron chi connectivity index (χ1n) is 9.31. The maximum atomic E-state index is 12.3. The second-order valence-corrected chi connectivity index (χ2v) is 6.87. The van der Waals surface area contributed by atoms with Crippen LogP contribution in [0.25, 0.3) is 0 Å². The summed E-state index contributed by atoms with van der Waals surface area (Å²) in [4.78, 5) is 25.8. The van der Waals surface area contributed by atoms with Crippen LogP contribution in [0.4, 0.5) is 0 Å². The molecule has 2 aliphatic rings. The van der Waals surface area contributed by atoms with Gasteiger partial charge in [-0.25, -0.2) is 0 Å². The van der Waals surface area contributed by atoms with E-state index in [1.54, 1.807) is 24.3 Å². The molecule has 1 aromatic rings. The monoisotopic (exact) mass is 373 g/mol. The molecule has 0 bridgehead atoms. The summed E-state index contributed by atoms with van der Waals surface area (Å²) in [5, 5.41) is 19.1. The van der Waals surface area contributed by atoms with Crippen molar-refractivity contribution in [1.82, 2.24) is 4.90 Å². The third-order valence-corrected chi connectivity index (χ3v) is 5.02. The van der Waals surface area contributed by atoms with Crippen LogP contribution >= 0.6 is 0 Å². The minimum atomic E-state index is -0.948. The molecule has 27 heavy (non-hydrogen) atoms. The van der Waals surface area contributed by atoms with Crippen LogP contribution in [0, 0.1) is 0 Å². The van der Waals surface area contributed by atoms with E-state index in [-0.39, 0.29) is 18.4 Å². The van der Waals surface area contributed by atoms with Crippen molar-refractivity contribution in [3.8, 4) is 0 Å². The van der Waals surface area contributed by atoms with Crippen molar-refractivity contribution in [2.45, 2.75) is 50.0 Å². The Morgan fingerprint density at radius 2 is 1.70 bits per heavy atom. The van der Waals surface area contributed by atoms with Gasteiger partial charge in [-0.15, -0.1) is 0 Å². The van der Waals surface area contributed by atoms with E-state index in [1.165, 1.54) is 4.90 Å². The molecule has 1 unspecified atom stereocenters. The number of aliphatic hydroxyl groups is 2. The van der Waals surface area contributed by atoms with Gasteiger partial charge in [0.25, 0.3) is 11.8 Å². The molecule has 1 fully saturated rings. The quantitative estimate of drug-likeness (QED) is 0.371. The molecule has 2 N–H and O–H groups in total. The third-order valence-electron chi connectivity index (χ3n) is 5.02. The lowest BCUT2D eigenvalue weighted by Crippen LogP contribution is -2.37. The van der Waals surface area contributed by atoms with Gasteiger partial charge in [0, 0.05) is 19.2 Å². The Hall–Kier alpha value is -1.74. The third kappa shape index (κ3) is 4.24. The van der Waals surface area contributed by atoms with Crippen molar-refractivity contribution in [3.05, 3.63) is 35.4 Å². The normalized spacial score (nSPS) is 27.4. The molecule has 2 aliphatic heterocycles. The molecule has 1 saturated heterocycles. The van der Waals surface area contributed by atoms with Gasteiger partial charge in [-0.05, 0) is 25.0 Å². The lowest BCUT2D eigenvalue weighted by Gasteiger charge is -2.19. The zero-order valence-electron chi connectivity index (χ0n) is 15.1. The number of amides is 2. The van der Waals surface area contributed by atoms with Crippen molar-refractivity contribution in [2.75, 3.05) is 19.8 Å². The van der Waals surface area contributed by atoms with Gasteiger partial charge in [-0.3, -0.25) is 14.5 Å². The van der Waals surface area contributed by atoms with Crippen LogP contribution in [-0.4, -0.2) is 78.8 Å². The van der Waals surface area contributed by atoms with E-state index >= 15 is 0 Å². The molecule has 4 atom stereocenters. The van der Waals surface area contributed by atoms with Gasteiger partial charge >= 0.3 is 0 Å². The molecule has 7 nitrogen and oxygen atoms in total. The molecule has 2 heterocycles. The number of hydrogen-bond acceptors (Lipinski definition) is 6. The Morgan fingerprint density at radius 1 is 1.07 bits per heavy atom. The van der Waals surface area contributed by atoms with Crippen LogP contribution in [0.3, 0.4) is 0 Å². The van der Waals surface area contributed by atoms with E-state index in [0.717, 1.165) is 25.7 Å². The van der Waals surface area contributed by atoms with Crippen LogP contribution in [0.5, 0.6) is 0 Å². The number of carbonyl (C=O) groups excluding carboxylic acids is 2. The highest BCUT2D eigenvalue weighted by Crippen LogP contribution is 2.24. The average molecular weight is 373 g/mol. The number of rotatable bonds is 9. The minimum absolute atomic E-state index is 0.222. The zero-order chi connectivity index (χ0) is 19.4. The maximum absolute atomic E-state index is 12.3. The van der Waals surface area contributed by atoms with Crippen molar-refractivity contribution in [1.29, 1.82) is 0 Å². The molecule has 0 aliphatic carbocycles. The van der Waals surface area contributed by atoms with Crippen LogP contribution in [0.15, 0.2) is 24.3 Å². The van der Waals surface area contributed by atoms with E-state index in [4.69, 9.17) is 17.3 Å². The number of benzene rings is 1. The Kier molecular flexibility index (Phi) is 6.65. The fourth-order valence-corrected chi connectivity index (χ4v) is 3.51. The first-order valence-corrected chi connectivity index (χ1v) is 9.31. The number of unbranched alkanes of at least 4 members (excludes halogenated alkanes) is 3. The van der Waals surface area contributed by atoms with E-state index in [2.05, 4.69) is 0 Å². The SMILES string of the molecule is [B][C@@H]1O[C@H](CO)C(OCCCCCCN2C(=O)c3ccccc3C2=O)[C@@H]1O. The fourth-order valence-electron chi connectivity index (χ4n) is 3.51. The van der Waals surface area contributed by atoms with Crippen molar-refractivity contribution in [2.24, 2.45) is 0 Å². The number of aliphatic hydroxyl groups excluding tert-OH is 2. The highest BCUT2D eigenvalue weighted by molar-refractivity contribution is 6.21. The van der Waals surface area contributed by atoms with Gasteiger partial charge in [0.1, 0.15) is 26.2 Å². The van der Waals surface area contributed by atoms with E-state index in [9.17, 15) is 19.8 Å². The number of ether oxygens (including phenoxy) is 2. The Labute approximate surface area is 159 Å². The van der Waals surface area contributed by atoms with Crippen LogP contribution in [-0.2, 0) is 9.47 Å². The van der Waals surface area contributed by atoms with Crippen LogP contribution in [0.1, 0.15) is 46.4 Å². The van der Waals surface area contributed by atoms with Crippen molar-refractivity contribution in [3.63, 3.8) is 0 Å². The molecule has 2 radical (unpaired) electrons. The molecule has 0 spiro atoms. The van der Waals surface area contributed by atoms with E-state index in [1.807, 2.05) is 0 Å². The largest absolute Gasteiger partial charge is 0.394 e. The summed E-state index contributed by atoms with van der Waals surface area (Å²) in [6.07, 6.45) is 1.03. The topological polar surface area (TPSA) is 96.3 Å². The molecule has 3 rings (SSSR count). The van der Waals surface area contributed by atoms with E-state index < -0.39 is 24.3 Å². The molecule has 1 aromatic carbocycles. The summed E-state index contributed by atoms with van der Waals surface area (Å²) in [5.74, 6) is -0.443. The molecule has 144 valence electrons. The highest BCUT2D eigenvalue weighted by Gasteiger charge is 2.41. The van der Waals surface area contributed by atoms with Gasteiger partial charge in [-0.1, -0.05) is 25.0 Å². The fraction of sp³-hybridized carbons (Fsp3) is 0.579. The van der Waals surface area contributed by atoms with Gasteiger partial charge < -0.3 is 19.7 Å². The number of imide groups is 1. The predicted molar refractivity (Wildman–Crippen MR) is 97.5 cm³/mol. The second-order valence-electron chi connectivity index (χ2n) is 6.87. The smallest absolute Gasteiger partial charge is 0.261 e. The summed E-state index contributed by atoms with van der Waals surface area (Å²) in [6, 6.07) is 6.04. The average Bonchev–Trinajstić information content (AvgIpc) is 3.09. The molecule has 2 amide bonds. The lowest BCUT2D eigenvalue weighted by molar-refractivity contribution is -0.0541. The van der Waals surface area contributed by atoms with Gasteiger partial charge in [0.2, 0.25) is 0 Å². The summed E-state index contributed by atoms with van der Waals surface area (Å²) in [5.41, 5.74) is 0.953. The molecule has 8 heteroatoms.